The monoisotopic (exact) mass is 214 g/mol. The molecule has 1 rings (SSSR count). The molecule has 15 heavy (non-hydrogen) atoms. The van der Waals surface area contributed by atoms with Gasteiger partial charge in [0.05, 0.1) is 0 Å². The Hall–Kier alpha value is -0.900. The molecule has 0 unspecified atom stereocenters. The number of likely N-dealkylation sites (N-methyl/N-ethyl adjacent to an activating group) is 1. The highest BCUT2D eigenvalue weighted by molar-refractivity contribution is 5.91. The summed E-state index contributed by atoms with van der Waals surface area (Å²) in [7, 11) is 1.95. The fraction of sp³-hybridized carbons (Fsp3) is 0.727. The molecule has 86 valence electrons. The third-order valence-corrected chi connectivity index (χ3v) is 2.55. The van der Waals surface area contributed by atoms with Crippen LogP contribution in [0.5, 0.6) is 0 Å². The Kier molecular flexibility index (Phi) is 4.27. The number of nitrogens with one attached hydrogen (secondary N) is 1. The van der Waals surface area contributed by atoms with E-state index in [9.17, 15) is 9.18 Å². The van der Waals surface area contributed by atoms with Gasteiger partial charge in [0.15, 0.2) is 5.83 Å². The number of amides is 1. The second kappa shape index (κ2) is 5.26. The Morgan fingerprint density at radius 3 is 2.73 bits per heavy atom. The second-order valence-corrected chi connectivity index (χ2v) is 4.33. The summed E-state index contributed by atoms with van der Waals surface area (Å²) in [6.45, 7) is 4.60. The van der Waals surface area contributed by atoms with Crippen molar-refractivity contribution in [2.24, 2.45) is 0 Å². The fourth-order valence-electron chi connectivity index (χ4n) is 1.72. The van der Waals surface area contributed by atoms with Gasteiger partial charge in [0.1, 0.15) is 0 Å². The zero-order chi connectivity index (χ0) is 11.4. The minimum absolute atomic E-state index is 0.0297. The predicted octanol–water partition coefficient (Wildman–Crippen LogP) is 1.46. The van der Waals surface area contributed by atoms with E-state index in [2.05, 4.69) is 10.2 Å². The van der Waals surface area contributed by atoms with Crippen LogP contribution >= 0.6 is 0 Å². The minimum Gasteiger partial charge on any atom is -0.348 e. The number of rotatable bonds is 3. The first kappa shape index (κ1) is 12.2. The largest absolute Gasteiger partial charge is 0.348 e. The van der Waals surface area contributed by atoms with Gasteiger partial charge in [0, 0.05) is 12.1 Å². The number of hydrogen-bond acceptors (Lipinski definition) is 2. The van der Waals surface area contributed by atoms with E-state index in [0.29, 0.717) is 0 Å². The molecule has 0 spiro atoms. The van der Waals surface area contributed by atoms with Gasteiger partial charge in [-0.05, 0) is 46.4 Å². The number of halogens is 1. The van der Waals surface area contributed by atoms with Crippen LogP contribution in [-0.4, -0.2) is 36.5 Å². The maximum Gasteiger partial charge on any atom is 0.279 e. The van der Waals surface area contributed by atoms with Crippen LogP contribution in [0.25, 0.3) is 0 Å². The van der Waals surface area contributed by atoms with E-state index >= 15 is 0 Å². The van der Waals surface area contributed by atoms with Crippen LogP contribution < -0.4 is 5.32 Å². The standard InChI is InChI=1S/C11H19FN2O/c1-8(2)13-11(15)10(12)7-9-5-4-6-14(9)3/h7-9H,4-6H2,1-3H3,(H,13,15)/b10-7-/t9-/m0/s1. The van der Waals surface area contributed by atoms with E-state index in [1.54, 1.807) is 0 Å². The van der Waals surface area contributed by atoms with Crippen molar-refractivity contribution in [1.29, 1.82) is 0 Å². The van der Waals surface area contributed by atoms with Crippen molar-refractivity contribution in [3.05, 3.63) is 11.9 Å². The fourth-order valence-corrected chi connectivity index (χ4v) is 1.72. The van der Waals surface area contributed by atoms with Gasteiger partial charge in [-0.2, -0.15) is 0 Å². The molecule has 1 heterocycles. The first-order chi connectivity index (χ1) is 7.00. The Balaban J connectivity index is 2.54. The summed E-state index contributed by atoms with van der Waals surface area (Å²) in [6, 6.07) is 0.0425. The van der Waals surface area contributed by atoms with Crippen LogP contribution in [-0.2, 0) is 4.79 Å². The van der Waals surface area contributed by atoms with Gasteiger partial charge >= 0.3 is 0 Å². The van der Waals surface area contributed by atoms with E-state index < -0.39 is 11.7 Å². The molecule has 3 nitrogen and oxygen atoms in total. The van der Waals surface area contributed by atoms with Crippen molar-refractivity contribution < 1.29 is 9.18 Å². The SMILES string of the molecule is CC(C)NC(=O)/C(F)=C/[C@@H]1CCCN1C. The summed E-state index contributed by atoms with van der Waals surface area (Å²) < 4.78 is 13.4. The van der Waals surface area contributed by atoms with E-state index in [1.807, 2.05) is 20.9 Å². The maximum atomic E-state index is 13.4. The number of carbonyl (C=O) groups is 1. The van der Waals surface area contributed by atoms with Crippen LogP contribution in [0.1, 0.15) is 26.7 Å². The molecule has 1 aliphatic heterocycles. The van der Waals surface area contributed by atoms with E-state index in [-0.39, 0.29) is 12.1 Å². The molecule has 1 N–H and O–H groups in total. The summed E-state index contributed by atoms with van der Waals surface area (Å²) in [5.41, 5.74) is 0. The predicted molar refractivity (Wildman–Crippen MR) is 58.1 cm³/mol. The summed E-state index contributed by atoms with van der Waals surface area (Å²) in [5.74, 6) is -1.27. The minimum atomic E-state index is -0.664. The molecule has 4 heteroatoms. The van der Waals surface area contributed by atoms with Gasteiger partial charge in [-0.1, -0.05) is 0 Å². The first-order valence-corrected chi connectivity index (χ1v) is 5.39. The molecule has 0 radical (unpaired) electrons. The number of hydrogen-bond donors (Lipinski definition) is 1. The zero-order valence-corrected chi connectivity index (χ0v) is 9.59. The van der Waals surface area contributed by atoms with Crippen molar-refractivity contribution >= 4 is 5.91 Å². The molecule has 0 saturated carbocycles. The van der Waals surface area contributed by atoms with Crippen molar-refractivity contribution in [2.75, 3.05) is 13.6 Å². The van der Waals surface area contributed by atoms with Gasteiger partial charge in [-0.25, -0.2) is 4.39 Å². The molecular formula is C11H19FN2O. The average Bonchev–Trinajstić information content (AvgIpc) is 2.50. The lowest BCUT2D eigenvalue weighted by Gasteiger charge is -2.15. The number of likely N-dealkylation sites (tertiary alicyclic amines) is 1. The maximum absolute atomic E-state index is 13.4. The van der Waals surface area contributed by atoms with Crippen LogP contribution in [0.4, 0.5) is 4.39 Å². The molecular weight excluding hydrogens is 195 g/mol. The van der Waals surface area contributed by atoms with Crippen molar-refractivity contribution in [3.8, 4) is 0 Å². The van der Waals surface area contributed by atoms with Crippen LogP contribution in [0, 0.1) is 0 Å². The lowest BCUT2D eigenvalue weighted by molar-refractivity contribution is -0.119. The highest BCUT2D eigenvalue weighted by Gasteiger charge is 2.21. The normalized spacial score (nSPS) is 23.5. The van der Waals surface area contributed by atoms with E-state index in [0.717, 1.165) is 19.4 Å². The molecule has 1 saturated heterocycles. The topological polar surface area (TPSA) is 32.3 Å². The Morgan fingerprint density at radius 1 is 1.60 bits per heavy atom. The van der Waals surface area contributed by atoms with Crippen LogP contribution in [0.3, 0.4) is 0 Å². The molecule has 1 amide bonds. The Morgan fingerprint density at radius 2 is 2.27 bits per heavy atom. The van der Waals surface area contributed by atoms with Crippen molar-refractivity contribution in [3.63, 3.8) is 0 Å². The lowest BCUT2D eigenvalue weighted by Crippen LogP contribution is -2.31. The van der Waals surface area contributed by atoms with Gasteiger partial charge in [-0.15, -0.1) is 0 Å². The Labute approximate surface area is 90.3 Å². The van der Waals surface area contributed by atoms with Crippen molar-refractivity contribution in [1.82, 2.24) is 10.2 Å². The van der Waals surface area contributed by atoms with E-state index in [1.165, 1.54) is 6.08 Å². The summed E-state index contributed by atoms with van der Waals surface area (Å²) in [6.07, 6.45) is 3.42. The van der Waals surface area contributed by atoms with Gasteiger partial charge in [0.25, 0.3) is 5.91 Å². The number of carbonyl (C=O) groups excluding carboxylic acids is 1. The molecule has 1 aliphatic rings. The lowest BCUT2D eigenvalue weighted by atomic mass is 10.2. The summed E-state index contributed by atoms with van der Waals surface area (Å²) >= 11 is 0. The molecule has 0 aromatic carbocycles. The second-order valence-electron chi connectivity index (χ2n) is 4.33. The Bertz CT molecular complexity index is 263. The molecule has 0 aliphatic carbocycles. The molecule has 0 aromatic rings. The van der Waals surface area contributed by atoms with Gasteiger partial charge in [0.2, 0.25) is 0 Å². The molecule has 0 bridgehead atoms. The smallest absolute Gasteiger partial charge is 0.279 e. The van der Waals surface area contributed by atoms with Gasteiger partial charge in [-0.3, -0.25) is 9.69 Å². The van der Waals surface area contributed by atoms with E-state index in [4.69, 9.17) is 0 Å². The molecule has 1 atom stereocenters. The number of nitrogens with zero attached hydrogens (tertiary/aromatic N) is 1. The zero-order valence-electron chi connectivity index (χ0n) is 9.59. The van der Waals surface area contributed by atoms with Crippen LogP contribution in [0.2, 0.25) is 0 Å². The summed E-state index contributed by atoms with van der Waals surface area (Å²) in [4.78, 5) is 13.3. The molecule has 1 fully saturated rings. The van der Waals surface area contributed by atoms with Crippen molar-refractivity contribution in [2.45, 2.75) is 38.8 Å². The first-order valence-electron chi connectivity index (χ1n) is 5.39. The summed E-state index contributed by atoms with van der Waals surface area (Å²) in [5, 5.41) is 2.53. The quantitative estimate of drug-likeness (QED) is 0.721. The highest BCUT2D eigenvalue weighted by atomic mass is 19.1. The third-order valence-electron chi connectivity index (χ3n) is 2.55. The third kappa shape index (κ3) is 3.63. The average molecular weight is 214 g/mol. The molecule has 0 aromatic heterocycles. The highest BCUT2D eigenvalue weighted by Crippen LogP contribution is 2.17. The van der Waals surface area contributed by atoms with Gasteiger partial charge < -0.3 is 5.32 Å². The van der Waals surface area contributed by atoms with Crippen LogP contribution in [0.15, 0.2) is 11.9 Å².